The van der Waals surface area contributed by atoms with Gasteiger partial charge in [-0.15, -0.1) is 0 Å². The lowest BCUT2D eigenvalue weighted by atomic mass is 10.1. The highest BCUT2D eigenvalue weighted by Gasteiger charge is 2.32. The highest BCUT2D eigenvalue weighted by atomic mass is 19.1. The molecule has 1 aliphatic rings. The van der Waals surface area contributed by atoms with E-state index in [1.807, 2.05) is 6.92 Å². The minimum Gasteiger partial charge on any atom is -0.502 e. The Balaban J connectivity index is 1.77. The molecule has 2 aromatic rings. The summed E-state index contributed by atoms with van der Waals surface area (Å²) in [4.78, 5) is 39.6. The molecule has 0 saturated heterocycles. The molecule has 0 spiro atoms. The molecule has 0 fully saturated rings. The van der Waals surface area contributed by atoms with Crippen molar-refractivity contribution in [3.8, 4) is 5.75 Å². The van der Waals surface area contributed by atoms with Gasteiger partial charge in [-0.25, -0.2) is 8.78 Å². The summed E-state index contributed by atoms with van der Waals surface area (Å²) < 4.78 is 33.5. The molecule has 3 rings (SSSR count). The maximum Gasteiger partial charge on any atom is 0.277 e. The van der Waals surface area contributed by atoms with E-state index in [0.29, 0.717) is 32.2 Å². The second-order valence-electron chi connectivity index (χ2n) is 7.67. The first-order valence-corrected chi connectivity index (χ1v) is 10.5. The number of halogens is 2. The zero-order valence-corrected chi connectivity index (χ0v) is 18.4. The summed E-state index contributed by atoms with van der Waals surface area (Å²) in [5, 5.41) is 14.4. The Morgan fingerprint density at radius 2 is 2.00 bits per heavy atom. The Hall–Kier alpha value is -3.47. The van der Waals surface area contributed by atoms with Gasteiger partial charge in [0.05, 0.1) is 0 Å². The van der Waals surface area contributed by atoms with Gasteiger partial charge in [-0.2, -0.15) is 0 Å². The first-order chi connectivity index (χ1) is 15.7. The van der Waals surface area contributed by atoms with Gasteiger partial charge in [0.15, 0.2) is 11.4 Å². The second-order valence-corrected chi connectivity index (χ2v) is 7.67. The zero-order chi connectivity index (χ0) is 24.1. The molecule has 2 N–H and O–H groups in total. The molecule has 2 heterocycles. The molecular weight excluding hydrogens is 438 g/mol. The van der Waals surface area contributed by atoms with Crippen LogP contribution in [0.15, 0.2) is 29.2 Å². The number of nitrogens with zero attached hydrogens (tertiary/aromatic N) is 3. The lowest BCUT2D eigenvalue weighted by Crippen LogP contribution is -2.53. The molecule has 9 nitrogen and oxygen atoms in total. The number of aromatic nitrogens is 1. The van der Waals surface area contributed by atoms with Crippen molar-refractivity contribution in [1.29, 1.82) is 0 Å². The van der Waals surface area contributed by atoms with Gasteiger partial charge in [-0.05, 0) is 18.9 Å². The lowest BCUT2D eigenvalue weighted by Gasteiger charge is -2.37. The number of aromatic hydroxyl groups is 1. The number of hydrogen-bond donors (Lipinski definition) is 2. The average molecular weight is 464 g/mol. The summed E-state index contributed by atoms with van der Waals surface area (Å²) in [6.45, 7) is 3.35. The number of fused-ring (bicyclic) bond motifs is 1. The Labute approximate surface area is 189 Å². The Kier molecular flexibility index (Phi) is 7.64. The van der Waals surface area contributed by atoms with Crippen LogP contribution in [0.4, 0.5) is 8.78 Å². The highest BCUT2D eigenvalue weighted by Crippen LogP contribution is 2.21. The Morgan fingerprint density at radius 3 is 2.70 bits per heavy atom. The number of hydrogen-bond acceptors (Lipinski definition) is 6. The van der Waals surface area contributed by atoms with Crippen molar-refractivity contribution in [2.24, 2.45) is 0 Å². The van der Waals surface area contributed by atoms with E-state index < -0.39 is 40.2 Å². The van der Waals surface area contributed by atoms with Gasteiger partial charge >= 0.3 is 0 Å². The summed E-state index contributed by atoms with van der Waals surface area (Å²) in [6, 6.07) is 2.91. The van der Waals surface area contributed by atoms with Crippen LogP contribution in [0.3, 0.4) is 0 Å². The fourth-order valence-corrected chi connectivity index (χ4v) is 3.46. The molecule has 0 radical (unpaired) electrons. The highest BCUT2D eigenvalue weighted by molar-refractivity contribution is 5.99. The van der Waals surface area contributed by atoms with Crippen LogP contribution in [0.5, 0.6) is 5.75 Å². The van der Waals surface area contributed by atoms with Crippen molar-refractivity contribution in [2.75, 3.05) is 38.5 Å². The topological polar surface area (TPSA) is 104 Å². The average Bonchev–Trinajstić information content (AvgIpc) is 2.77. The van der Waals surface area contributed by atoms with Crippen LogP contribution in [0.2, 0.25) is 0 Å². The predicted molar refractivity (Wildman–Crippen MR) is 116 cm³/mol. The molecule has 0 saturated carbocycles. The second kappa shape index (κ2) is 10.4. The van der Waals surface area contributed by atoms with E-state index in [4.69, 9.17) is 4.74 Å². The quantitative estimate of drug-likeness (QED) is 0.546. The van der Waals surface area contributed by atoms with Crippen LogP contribution in [0.25, 0.3) is 0 Å². The van der Waals surface area contributed by atoms with Crippen LogP contribution >= 0.6 is 0 Å². The predicted octanol–water partition coefficient (Wildman–Crippen LogP) is 1.56. The smallest absolute Gasteiger partial charge is 0.277 e. The minimum absolute atomic E-state index is 0.0258. The maximum atomic E-state index is 13.8. The minimum atomic E-state index is -1.02. The van der Waals surface area contributed by atoms with Crippen LogP contribution in [0, 0.1) is 11.6 Å². The van der Waals surface area contributed by atoms with Gasteiger partial charge in [0.2, 0.25) is 5.43 Å². The molecule has 2 amide bonds. The number of ether oxygens (including phenoxy) is 1. The van der Waals surface area contributed by atoms with Gasteiger partial charge in [-0.1, -0.05) is 13.0 Å². The van der Waals surface area contributed by atoms with E-state index >= 15 is 0 Å². The van der Waals surface area contributed by atoms with Crippen molar-refractivity contribution in [3.63, 3.8) is 0 Å². The first-order valence-electron chi connectivity index (χ1n) is 10.5. The largest absolute Gasteiger partial charge is 0.502 e. The third-order valence-electron chi connectivity index (χ3n) is 5.16. The van der Waals surface area contributed by atoms with Crippen LogP contribution < -0.4 is 15.8 Å². The number of rotatable bonds is 9. The van der Waals surface area contributed by atoms with E-state index in [0.717, 1.165) is 18.7 Å². The molecule has 178 valence electrons. The van der Waals surface area contributed by atoms with Crippen molar-refractivity contribution in [3.05, 3.63) is 63.1 Å². The number of amides is 2. The van der Waals surface area contributed by atoms with Crippen molar-refractivity contribution in [1.82, 2.24) is 14.9 Å². The first kappa shape index (κ1) is 24.2. The SMILES string of the molecule is CCCOCCCN1CN(C)n2cc(C(=O)NCc3ccc(F)cc3F)c(=O)c(O)c2C1=O. The van der Waals surface area contributed by atoms with Crippen LogP contribution in [-0.2, 0) is 11.3 Å². The number of carbonyl (C=O) groups excluding carboxylic acids is 2. The van der Waals surface area contributed by atoms with Gasteiger partial charge in [-0.3, -0.25) is 24.1 Å². The fraction of sp³-hybridized carbons (Fsp3) is 0.409. The third-order valence-corrected chi connectivity index (χ3v) is 5.16. The zero-order valence-electron chi connectivity index (χ0n) is 18.4. The van der Waals surface area contributed by atoms with E-state index in [9.17, 15) is 28.3 Å². The van der Waals surface area contributed by atoms with E-state index in [2.05, 4.69) is 5.32 Å². The van der Waals surface area contributed by atoms with E-state index in [1.54, 1.807) is 12.1 Å². The molecule has 0 bridgehead atoms. The molecule has 11 heteroatoms. The number of carbonyl (C=O) groups is 2. The monoisotopic (exact) mass is 464 g/mol. The molecule has 1 aromatic heterocycles. The Morgan fingerprint density at radius 1 is 1.24 bits per heavy atom. The molecule has 33 heavy (non-hydrogen) atoms. The fourth-order valence-electron chi connectivity index (χ4n) is 3.46. The molecule has 0 unspecified atom stereocenters. The standard InChI is InChI=1S/C22H26F2N4O5/c1-3-8-33-9-4-7-27-13-26(2)28-12-16(19(29)20(30)18(28)22(27)32)21(31)25-11-14-5-6-15(23)10-17(14)24/h5-6,10,12,30H,3-4,7-9,11,13H2,1-2H3,(H,25,31). The number of nitrogens with one attached hydrogen (secondary N) is 1. The van der Waals surface area contributed by atoms with E-state index in [1.165, 1.54) is 15.6 Å². The summed E-state index contributed by atoms with van der Waals surface area (Å²) in [6.07, 6.45) is 2.64. The van der Waals surface area contributed by atoms with Crippen molar-refractivity contribution >= 4 is 11.8 Å². The maximum absolute atomic E-state index is 13.8. The summed E-state index contributed by atoms with van der Waals surface area (Å²) >= 11 is 0. The number of benzene rings is 1. The van der Waals surface area contributed by atoms with Gasteiger partial charge in [0, 0.05) is 51.2 Å². The molecule has 1 aromatic carbocycles. The Bertz CT molecular complexity index is 1100. The van der Waals surface area contributed by atoms with Gasteiger partial charge in [0.1, 0.15) is 23.9 Å². The lowest BCUT2D eigenvalue weighted by molar-refractivity contribution is 0.0656. The van der Waals surface area contributed by atoms with Gasteiger partial charge < -0.3 is 20.1 Å². The summed E-state index contributed by atoms with van der Waals surface area (Å²) in [5.74, 6) is -3.86. The summed E-state index contributed by atoms with van der Waals surface area (Å²) in [7, 11) is 1.63. The van der Waals surface area contributed by atoms with E-state index in [-0.39, 0.29) is 24.5 Å². The van der Waals surface area contributed by atoms with Crippen molar-refractivity contribution in [2.45, 2.75) is 26.3 Å². The molecular formula is C22H26F2N4O5. The molecule has 1 aliphatic heterocycles. The van der Waals surface area contributed by atoms with Gasteiger partial charge in [0.25, 0.3) is 11.8 Å². The van der Waals surface area contributed by atoms with Crippen molar-refractivity contribution < 1.29 is 28.2 Å². The van der Waals surface area contributed by atoms with Crippen LogP contribution in [0.1, 0.15) is 46.2 Å². The normalized spacial score (nSPS) is 13.3. The third kappa shape index (κ3) is 5.30. The number of pyridine rings is 1. The molecule has 0 atom stereocenters. The summed E-state index contributed by atoms with van der Waals surface area (Å²) in [5.41, 5.74) is -1.66. The van der Waals surface area contributed by atoms with Crippen LogP contribution in [-0.4, -0.2) is 60.0 Å². The molecule has 0 aliphatic carbocycles.